The topological polar surface area (TPSA) is 42.4 Å². The van der Waals surface area contributed by atoms with Gasteiger partial charge in [0.1, 0.15) is 11.4 Å². The number of hydrogen-bond donors (Lipinski definition) is 0. The second-order valence-electron chi connectivity index (χ2n) is 4.13. The second-order valence-corrected chi connectivity index (χ2v) is 4.13. The van der Waals surface area contributed by atoms with Crippen molar-refractivity contribution in [1.82, 2.24) is 9.88 Å². The molecule has 0 N–H and O–H groups in total. The van der Waals surface area contributed by atoms with Gasteiger partial charge in [-0.3, -0.25) is 9.78 Å². The highest BCUT2D eigenvalue weighted by molar-refractivity contribution is 5.93. The number of ether oxygens (including phenoxy) is 1. The van der Waals surface area contributed by atoms with E-state index in [2.05, 4.69) is 11.9 Å². The van der Waals surface area contributed by atoms with Crippen molar-refractivity contribution in [3.05, 3.63) is 24.0 Å². The number of hydrogen-bond acceptors (Lipinski definition) is 3. The van der Waals surface area contributed by atoms with Gasteiger partial charge in [-0.05, 0) is 18.9 Å². The quantitative estimate of drug-likeness (QED) is 0.776. The molecule has 1 fully saturated rings. The summed E-state index contributed by atoms with van der Waals surface area (Å²) in [5.74, 6) is 1.31. The molecule has 0 bridgehead atoms. The zero-order chi connectivity index (χ0) is 11.5. The van der Waals surface area contributed by atoms with Gasteiger partial charge < -0.3 is 9.64 Å². The molecule has 1 saturated heterocycles. The van der Waals surface area contributed by atoms with Gasteiger partial charge in [-0.1, -0.05) is 6.92 Å². The van der Waals surface area contributed by atoms with Crippen LogP contribution in [-0.4, -0.2) is 35.5 Å². The molecular formula is C12H16N2O2. The maximum Gasteiger partial charge on any atom is 0.272 e. The van der Waals surface area contributed by atoms with E-state index in [0.29, 0.717) is 24.0 Å². The van der Waals surface area contributed by atoms with E-state index in [0.717, 1.165) is 13.1 Å². The lowest BCUT2D eigenvalue weighted by atomic mass is 10.0. The number of carbonyl (C=O) groups is 1. The van der Waals surface area contributed by atoms with E-state index in [9.17, 15) is 4.79 Å². The van der Waals surface area contributed by atoms with Crippen molar-refractivity contribution in [3.8, 4) is 5.75 Å². The van der Waals surface area contributed by atoms with Gasteiger partial charge in [0.2, 0.25) is 0 Å². The monoisotopic (exact) mass is 220 g/mol. The Morgan fingerprint density at radius 1 is 1.62 bits per heavy atom. The first-order valence-electron chi connectivity index (χ1n) is 5.59. The summed E-state index contributed by atoms with van der Waals surface area (Å²) in [7, 11) is 0. The fourth-order valence-corrected chi connectivity index (χ4v) is 1.81. The van der Waals surface area contributed by atoms with Gasteiger partial charge in [-0.15, -0.1) is 0 Å². The Morgan fingerprint density at radius 2 is 2.38 bits per heavy atom. The minimum absolute atomic E-state index is 0.000321. The molecule has 0 aliphatic carbocycles. The number of likely N-dealkylation sites (tertiary alicyclic amines) is 1. The van der Waals surface area contributed by atoms with E-state index < -0.39 is 0 Å². The first-order chi connectivity index (χ1) is 7.70. The van der Waals surface area contributed by atoms with E-state index in [-0.39, 0.29) is 5.91 Å². The van der Waals surface area contributed by atoms with Crippen LogP contribution in [0.25, 0.3) is 0 Å². The molecule has 4 heteroatoms. The van der Waals surface area contributed by atoms with Crippen molar-refractivity contribution < 1.29 is 9.53 Å². The lowest BCUT2D eigenvalue weighted by Crippen LogP contribution is -2.48. The number of rotatable bonds is 3. The maximum atomic E-state index is 11.9. The number of carbonyl (C=O) groups excluding carboxylic acids is 1. The summed E-state index contributed by atoms with van der Waals surface area (Å²) in [5.41, 5.74) is 0.470. The molecule has 16 heavy (non-hydrogen) atoms. The Kier molecular flexibility index (Phi) is 3.08. The molecule has 4 nitrogen and oxygen atoms in total. The fourth-order valence-electron chi connectivity index (χ4n) is 1.81. The lowest BCUT2D eigenvalue weighted by Gasteiger charge is -2.36. The van der Waals surface area contributed by atoms with Crippen molar-refractivity contribution in [3.63, 3.8) is 0 Å². The zero-order valence-electron chi connectivity index (χ0n) is 9.64. The van der Waals surface area contributed by atoms with Crippen LogP contribution in [0.15, 0.2) is 18.3 Å². The Labute approximate surface area is 95.2 Å². The molecule has 1 aromatic rings. The van der Waals surface area contributed by atoms with Crippen molar-refractivity contribution in [2.75, 3.05) is 19.7 Å². The molecular weight excluding hydrogens is 204 g/mol. The second kappa shape index (κ2) is 4.51. The van der Waals surface area contributed by atoms with Crippen LogP contribution in [0.2, 0.25) is 0 Å². The summed E-state index contributed by atoms with van der Waals surface area (Å²) in [4.78, 5) is 17.8. The number of amides is 1. The van der Waals surface area contributed by atoms with E-state index in [1.807, 2.05) is 11.8 Å². The number of aromatic nitrogens is 1. The summed E-state index contributed by atoms with van der Waals surface area (Å²) in [6, 6.07) is 3.47. The van der Waals surface area contributed by atoms with Gasteiger partial charge in [0.15, 0.2) is 0 Å². The first-order valence-corrected chi connectivity index (χ1v) is 5.59. The Balaban J connectivity index is 2.08. The zero-order valence-corrected chi connectivity index (χ0v) is 9.64. The van der Waals surface area contributed by atoms with Gasteiger partial charge >= 0.3 is 0 Å². The van der Waals surface area contributed by atoms with Gasteiger partial charge in [0.05, 0.1) is 6.61 Å². The van der Waals surface area contributed by atoms with Gasteiger partial charge in [-0.25, -0.2) is 0 Å². The van der Waals surface area contributed by atoms with E-state index in [1.54, 1.807) is 18.3 Å². The SMILES string of the molecule is CCOc1ccnc(C(=O)N2CC(C)C2)c1. The largest absolute Gasteiger partial charge is 0.494 e. The highest BCUT2D eigenvalue weighted by Crippen LogP contribution is 2.19. The molecule has 86 valence electrons. The van der Waals surface area contributed by atoms with Gasteiger partial charge in [0, 0.05) is 25.4 Å². The standard InChI is InChI=1S/C12H16N2O2/c1-3-16-10-4-5-13-11(6-10)12(15)14-7-9(2)8-14/h4-6,9H,3,7-8H2,1-2H3. The van der Waals surface area contributed by atoms with E-state index >= 15 is 0 Å². The van der Waals surface area contributed by atoms with Crippen molar-refractivity contribution in [2.45, 2.75) is 13.8 Å². The van der Waals surface area contributed by atoms with Crippen LogP contribution in [-0.2, 0) is 0 Å². The van der Waals surface area contributed by atoms with Crippen molar-refractivity contribution in [1.29, 1.82) is 0 Å². The van der Waals surface area contributed by atoms with Crippen LogP contribution in [0.3, 0.4) is 0 Å². The van der Waals surface area contributed by atoms with Crippen LogP contribution in [0.1, 0.15) is 24.3 Å². The predicted octanol–water partition coefficient (Wildman–Crippen LogP) is 1.57. The summed E-state index contributed by atoms with van der Waals surface area (Å²) in [5, 5.41) is 0. The van der Waals surface area contributed by atoms with Crippen LogP contribution >= 0.6 is 0 Å². The van der Waals surface area contributed by atoms with Crippen LogP contribution < -0.4 is 4.74 Å². The van der Waals surface area contributed by atoms with Crippen LogP contribution in [0, 0.1) is 5.92 Å². The smallest absolute Gasteiger partial charge is 0.272 e. The normalized spacial score (nSPS) is 15.8. The molecule has 0 spiro atoms. The van der Waals surface area contributed by atoms with E-state index in [1.165, 1.54) is 0 Å². The summed E-state index contributed by atoms with van der Waals surface area (Å²) < 4.78 is 5.34. The lowest BCUT2D eigenvalue weighted by molar-refractivity contribution is 0.0524. The first kappa shape index (κ1) is 10.9. The van der Waals surface area contributed by atoms with Crippen molar-refractivity contribution in [2.24, 2.45) is 5.92 Å². The van der Waals surface area contributed by atoms with Crippen LogP contribution in [0.4, 0.5) is 0 Å². The third-order valence-electron chi connectivity index (χ3n) is 2.61. The molecule has 2 heterocycles. The molecule has 0 radical (unpaired) electrons. The molecule has 0 atom stereocenters. The summed E-state index contributed by atoms with van der Waals surface area (Å²) in [6.45, 7) is 6.31. The average molecular weight is 220 g/mol. The average Bonchev–Trinajstić information content (AvgIpc) is 2.25. The Bertz CT molecular complexity index is 386. The molecule has 0 saturated carbocycles. The Morgan fingerprint density at radius 3 is 3.00 bits per heavy atom. The molecule has 1 aliphatic rings. The molecule has 0 aromatic carbocycles. The molecule has 0 unspecified atom stereocenters. The molecule has 1 amide bonds. The third-order valence-corrected chi connectivity index (χ3v) is 2.61. The van der Waals surface area contributed by atoms with E-state index in [4.69, 9.17) is 4.74 Å². The molecule has 1 aromatic heterocycles. The van der Waals surface area contributed by atoms with Crippen molar-refractivity contribution >= 4 is 5.91 Å². The number of pyridine rings is 1. The summed E-state index contributed by atoms with van der Waals surface area (Å²) in [6.07, 6.45) is 1.61. The predicted molar refractivity (Wildman–Crippen MR) is 60.5 cm³/mol. The Hall–Kier alpha value is -1.58. The summed E-state index contributed by atoms with van der Waals surface area (Å²) >= 11 is 0. The van der Waals surface area contributed by atoms with Crippen LogP contribution in [0.5, 0.6) is 5.75 Å². The fraction of sp³-hybridized carbons (Fsp3) is 0.500. The number of nitrogens with zero attached hydrogens (tertiary/aromatic N) is 2. The minimum Gasteiger partial charge on any atom is -0.494 e. The maximum absolute atomic E-state index is 11.9. The molecule has 2 rings (SSSR count). The minimum atomic E-state index is -0.000321. The highest BCUT2D eigenvalue weighted by Gasteiger charge is 2.28. The van der Waals surface area contributed by atoms with Gasteiger partial charge in [-0.2, -0.15) is 0 Å². The third kappa shape index (κ3) is 2.15. The highest BCUT2D eigenvalue weighted by atomic mass is 16.5. The van der Waals surface area contributed by atoms with Gasteiger partial charge in [0.25, 0.3) is 5.91 Å². The molecule has 1 aliphatic heterocycles.